The maximum Gasteiger partial charge on any atom is 0.229 e. The second-order valence-electron chi connectivity index (χ2n) is 6.42. The van der Waals surface area contributed by atoms with Gasteiger partial charge in [-0.15, -0.1) is 0 Å². The second-order valence-corrected chi connectivity index (χ2v) is 6.42. The molecule has 0 bridgehead atoms. The number of benzene rings is 1. The summed E-state index contributed by atoms with van der Waals surface area (Å²) >= 11 is 0. The summed E-state index contributed by atoms with van der Waals surface area (Å²) in [6, 6.07) is 13.9. The predicted molar refractivity (Wildman–Crippen MR) is 95.8 cm³/mol. The quantitative estimate of drug-likeness (QED) is 0.765. The molecule has 1 aliphatic rings. The third-order valence-corrected chi connectivity index (χ3v) is 4.56. The molecule has 0 saturated carbocycles. The number of aryl methyl sites for hydroxylation is 3. The highest BCUT2D eigenvalue weighted by atomic mass is 16.5. The van der Waals surface area contributed by atoms with Crippen LogP contribution in [0.3, 0.4) is 0 Å². The van der Waals surface area contributed by atoms with Crippen LogP contribution >= 0.6 is 0 Å². The van der Waals surface area contributed by atoms with Gasteiger partial charge in [0.25, 0.3) is 0 Å². The average molecular weight is 346 g/mol. The molecule has 4 rings (SSSR count). The molecule has 0 fully saturated rings. The van der Waals surface area contributed by atoms with Crippen molar-refractivity contribution in [3.63, 3.8) is 0 Å². The Morgan fingerprint density at radius 1 is 1.12 bits per heavy atom. The molecule has 3 heterocycles. The molecule has 2 N–H and O–H groups in total. The standard InChI is InChI=1S/C20H18N4O2/c1-11-4-7-14(8-5-11)24-20-17(13(3)23-24)18(15(10-21)19(22)26-20)16-9-6-12(2)25-16/h4-9,18H,22H2,1-3H3/t18-/m1/s1. The SMILES string of the molecule is Cc1ccc(-n2nc(C)c3c2OC(N)=C(C#N)[C@@H]3c2ccc(C)o2)cc1. The van der Waals surface area contributed by atoms with Crippen LogP contribution < -0.4 is 10.5 Å². The van der Waals surface area contributed by atoms with Gasteiger partial charge in [-0.2, -0.15) is 10.4 Å². The van der Waals surface area contributed by atoms with E-state index in [0.29, 0.717) is 17.2 Å². The topological polar surface area (TPSA) is 90.0 Å². The van der Waals surface area contributed by atoms with Crippen molar-refractivity contribution in [2.45, 2.75) is 26.7 Å². The largest absolute Gasteiger partial charge is 0.465 e. The Morgan fingerprint density at radius 3 is 2.46 bits per heavy atom. The number of allylic oxidation sites excluding steroid dienone is 1. The lowest BCUT2D eigenvalue weighted by Gasteiger charge is -2.23. The molecule has 1 atom stereocenters. The minimum Gasteiger partial charge on any atom is -0.465 e. The van der Waals surface area contributed by atoms with E-state index >= 15 is 0 Å². The Balaban J connectivity index is 1.94. The van der Waals surface area contributed by atoms with Gasteiger partial charge in [0, 0.05) is 0 Å². The highest BCUT2D eigenvalue weighted by Gasteiger charge is 2.37. The van der Waals surface area contributed by atoms with Crippen LogP contribution in [0.1, 0.15) is 34.3 Å². The molecule has 0 aliphatic carbocycles. The van der Waals surface area contributed by atoms with Crippen LogP contribution in [0.4, 0.5) is 0 Å². The number of hydrogen-bond donors (Lipinski definition) is 1. The van der Waals surface area contributed by atoms with Crippen molar-refractivity contribution in [2.24, 2.45) is 5.73 Å². The van der Waals surface area contributed by atoms with Gasteiger partial charge in [0.2, 0.25) is 11.8 Å². The van der Waals surface area contributed by atoms with Crippen molar-refractivity contribution in [3.05, 3.63) is 76.2 Å². The Hall–Kier alpha value is -3.46. The molecular weight excluding hydrogens is 328 g/mol. The third kappa shape index (κ3) is 2.37. The normalized spacial score (nSPS) is 16.2. The van der Waals surface area contributed by atoms with Gasteiger partial charge in [-0.3, -0.25) is 0 Å². The maximum absolute atomic E-state index is 9.63. The fourth-order valence-corrected chi connectivity index (χ4v) is 3.27. The molecule has 3 aromatic rings. The lowest BCUT2D eigenvalue weighted by molar-refractivity contribution is 0.359. The number of fused-ring (bicyclic) bond motifs is 1. The van der Waals surface area contributed by atoms with E-state index in [2.05, 4.69) is 11.2 Å². The first-order valence-corrected chi connectivity index (χ1v) is 8.30. The van der Waals surface area contributed by atoms with E-state index in [0.717, 1.165) is 28.3 Å². The molecule has 6 nitrogen and oxygen atoms in total. The Kier molecular flexibility index (Phi) is 3.58. The van der Waals surface area contributed by atoms with Crippen LogP contribution in [-0.4, -0.2) is 9.78 Å². The molecule has 1 aromatic carbocycles. The summed E-state index contributed by atoms with van der Waals surface area (Å²) in [7, 11) is 0. The molecular formula is C20H18N4O2. The smallest absolute Gasteiger partial charge is 0.229 e. The molecule has 2 aromatic heterocycles. The van der Waals surface area contributed by atoms with Gasteiger partial charge >= 0.3 is 0 Å². The number of nitriles is 1. The number of nitrogens with zero attached hydrogens (tertiary/aromatic N) is 3. The van der Waals surface area contributed by atoms with Crippen molar-refractivity contribution in [3.8, 4) is 17.6 Å². The molecule has 130 valence electrons. The number of rotatable bonds is 2. The van der Waals surface area contributed by atoms with Crippen molar-refractivity contribution in [1.29, 1.82) is 5.26 Å². The second kappa shape index (κ2) is 5.81. The average Bonchev–Trinajstić information content (AvgIpc) is 3.18. The Labute approximate surface area is 151 Å². The van der Waals surface area contributed by atoms with E-state index in [4.69, 9.17) is 14.9 Å². The summed E-state index contributed by atoms with van der Waals surface area (Å²) in [6.45, 7) is 5.79. The van der Waals surface area contributed by atoms with Gasteiger partial charge in [-0.05, 0) is 45.0 Å². The molecule has 0 amide bonds. The van der Waals surface area contributed by atoms with Crippen LogP contribution in [0.25, 0.3) is 5.69 Å². The summed E-state index contributed by atoms with van der Waals surface area (Å²) in [5.74, 6) is 1.58. The summed E-state index contributed by atoms with van der Waals surface area (Å²) in [6.07, 6.45) is 0. The van der Waals surface area contributed by atoms with Gasteiger partial charge in [-0.25, -0.2) is 4.68 Å². The van der Waals surface area contributed by atoms with Gasteiger partial charge in [0.15, 0.2) is 0 Å². The minimum atomic E-state index is -0.434. The van der Waals surface area contributed by atoms with E-state index < -0.39 is 5.92 Å². The number of ether oxygens (including phenoxy) is 1. The first-order valence-electron chi connectivity index (χ1n) is 8.30. The van der Waals surface area contributed by atoms with Crippen molar-refractivity contribution < 1.29 is 9.15 Å². The van der Waals surface area contributed by atoms with Crippen LogP contribution in [-0.2, 0) is 0 Å². The van der Waals surface area contributed by atoms with Gasteiger partial charge in [-0.1, -0.05) is 17.7 Å². The molecule has 0 unspecified atom stereocenters. The zero-order valence-electron chi connectivity index (χ0n) is 14.8. The van der Waals surface area contributed by atoms with E-state index in [1.807, 2.05) is 57.2 Å². The Morgan fingerprint density at radius 2 is 1.85 bits per heavy atom. The van der Waals surface area contributed by atoms with Gasteiger partial charge in [0.05, 0.1) is 22.9 Å². The number of hydrogen-bond acceptors (Lipinski definition) is 5. The van der Waals surface area contributed by atoms with Crippen molar-refractivity contribution >= 4 is 0 Å². The lowest BCUT2D eigenvalue weighted by Crippen LogP contribution is -2.21. The highest BCUT2D eigenvalue weighted by molar-refractivity contribution is 5.55. The van der Waals surface area contributed by atoms with Gasteiger partial charge in [0.1, 0.15) is 23.2 Å². The van der Waals surface area contributed by atoms with Crippen LogP contribution in [0.5, 0.6) is 5.88 Å². The third-order valence-electron chi connectivity index (χ3n) is 4.56. The summed E-state index contributed by atoms with van der Waals surface area (Å²) < 4.78 is 13.4. The highest BCUT2D eigenvalue weighted by Crippen LogP contribution is 2.44. The molecule has 6 heteroatoms. The molecule has 1 aliphatic heterocycles. The van der Waals surface area contributed by atoms with E-state index in [-0.39, 0.29) is 5.88 Å². The zero-order valence-corrected chi connectivity index (χ0v) is 14.8. The van der Waals surface area contributed by atoms with Crippen molar-refractivity contribution in [1.82, 2.24) is 9.78 Å². The van der Waals surface area contributed by atoms with E-state index in [1.54, 1.807) is 4.68 Å². The minimum absolute atomic E-state index is 0.0762. The lowest BCUT2D eigenvalue weighted by atomic mass is 9.88. The van der Waals surface area contributed by atoms with Crippen LogP contribution in [0.2, 0.25) is 0 Å². The summed E-state index contributed by atoms with van der Waals surface area (Å²) in [5.41, 5.74) is 9.98. The number of nitrogens with two attached hydrogens (primary N) is 1. The predicted octanol–water partition coefficient (Wildman–Crippen LogP) is 3.61. The first kappa shape index (κ1) is 16.0. The fourth-order valence-electron chi connectivity index (χ4n) is 3.27. The first-order chi connectivity index (χ1) is 12.5. The molecule has 26 heavy (non-hydrogen) atoms. The van der Waals surface area contributed by atoms with Gasteiger partial charge < -0.3 is 14.9 Å². The van der Waals surface area contributed by atoms with Crippen LogP contribution in [0.15, 0.2) is 52.3 Å². The van der Waals surface area contributed by atoms with Crippen LogP contribution in [0, 0.1) is 32.1 Å². The number of furan rings is 1. The van der Waals surface area contributed by atoms with E-state index in [9.17, 15) is 5.26 Å². The monoisotopic (exact) mass is 346 g/mol. The summed E-state index contributed by atoms with van der Waals surface area (Å²) in [4.78, 5) is 0. The molecule has 0 radical (unpaired) electrons. The zero-order chi connectivity index (χ0) is 18.4. The maximum atomic E-state index is 9.63. The van der Waals surface area contributed by atoms with E-state index in [1.165, 1.54) is 0 Å². The number of aromatic nitrogens is 2. The van der Waals surface area contributed by atoms with Crippen molar-refractivity contribution in [2.75, 3.05) is 0 Å². The summed E-state index contributed by atoms with van der Waals surface area (Å²) in [5, 5.41) is 14.3. The molecule has 0 saturated heterocycles. The fraction of sp³-hybridized carbons (Fsp3) is 0.200. The Bertz CT molecular complexity index is 1060. The molecule has 0 spiro atoms.